The molecular weight excluding hydrogens is 352 g/mol. The maximum atomic E-state index is 12.5. The third kappa shape index (κ3) is 4.59. The third-order valence-corrected chi connectivity index (χ3v) is 5.41. The molecule has 0 saturated carbocycles. The first kappa shape index (κ1) is 18.3. The van der Waals surface area contributed by atoms with E-state index in [1.807, 2.05) is 18.2 Å². The molecule has 0 spiro atoms. The molecule has 2 heterocycles. The molecule has 1 atom stereocenters. The third-order valence-electron chi connectivity index (χ3n) is 4.48. The minimum Gasteiger partial charge on any atom is -0.356 e. The summed E-state index contributed by atoms with van der Waals surface area (Å²) in [6, 6.07) is 12.0. The number of sulfonamides is 1. The molecule has 1 aromatic heterocycles. The molecule has 2 aromatic rings. The number of nitrogens with one attached hydrogen (secondary N) is 1. The molecule has 1 amide bonds. The second-order valence-electron chi connectivity index (χ2n) is 6.38. The zero-order chi connectivity index (χ0) is 18.6. The van der Waals surface area contributed by atoms with Crippen molar-refractivity contribution in [3.05, 3.63) is 54.2 Å². The van der Waals surface area contributed by atoms with Gasteiger partial charge in [-0.15, -0.1) is 0 Å². The van der Waals surface area contributed by atoms with Crippen LogP contribution in [0.15, 0.2) is 53.6 Å². The van der Waals surface area contributed by atoms with Crippen molar-refractivity contribution in [2.75, 3.05) is 18.0 Å². The van der Waals surface area contributed by atoms with Crippen molar-refractivity contribution in [3.8, 4) is 0 Å². The van der Waals surface area contributed by atoms with Gasteiger partial charge in [-0.25, -0.2) is 18.5 Å². The molecule has 1 aliphatic heterocycles. The number of anilines is 1. The second kappa shape index (κ2) is 7.84. The van der Waals surface area contributed by atoms with Crippen LogP contribution in [0, 0.1) is 5.92 Å². The van der Waals surface area contributed by atoms with E-state index < -0.39 is 10.0 Å². The standard InChI is InChI=1S/C18H22N4O3S/c19-26(24,25)16-8-6-14(7-9-16)12-21-18(23)15-4-3-11-22(13-15)17-5-1-2-10-20-17/h1-2,5-10,15H,3-4,11-13H2,(H,21,23)(H2,19,24,25)/t15-/m1/s1. The Labute approximate surface area is 153 Å². The molecule has 0 aliphatic carbocycles. The van der Waals surface area contributed by atoms with Crippen LogP contribution < -0.4 is 15.4 Å². The molecule has 3 N–H and O–H groups in total. The van der Waals surface area contributed by atoms with E-state index in [-0.39, 0.29) is 16.7 Å². The lowest BCUT2D eigenvalue weighted by atomic mass is 9.97. The number of carbonyl (C=O) groups excluding carboxylic acids is 1. The minimum atomic E-state index is -3.70. The Morgan fingerprint density at radius 3 is 2.65 bits per heavy atom. The first-order valence-electron chi connectivity index (χ1n) is 8.49. The summed E-state index contributed by atoms with van der Waals surface area (Å²) in [5.74, 6) is 0.805. The summed E-state index contributed by atoms with van der Waals surface area (Å²) in [6.45, 7) is 1.90. The summed E-state index contributed by atoms with van der Waals surface area (Å²) in [6.07, 6.45) is 3.54. The number of rotatable bonds is 5. The highest BCUT2D eigenvalue weighted by Crippen LogP contribution is 2.21. The van der Waals surface area contributed by atoms with E-state index in [2.05, 4.69) is 15.2 Å². The molecule has 0 unspecified atom stereocenters. The first-order valence-corrected chi connectivity index (χ1v) is 10.0. The molecule has 3 rings (SSSR count). The lowest BCUT2D eigenvalue weighted by molar-refractivity contribution is -0.125. The van der Waals surface area contributed by atoms with Gasteiger partial charge < -0.3 is 10.2 Å². The number of amides is 1. The van der Waals surface area contributed by atoms with Crippen molar-refractivity contribution in [2.24, 2.45) is 11.1 Å². The van der Waals surface area contributed by atoms with Gasteiger partial charge in [-0.3, -0.25) is 4.79 Å². The predicted octanol–water partition coefficient (Wildman–Crippen LogP) is 1.26. The highest BCUT2D eigenvalue weighted by Gasteiger charge is 2.26. The predicted molar refractivity (Wildman–Crippen MR) is 98.8 cm³/mol. The van der Waals surface area contributed by atoms with Gasteiger partial charge in [0.05, 0.1) is 10.8 Å². The monoisotopic (exact) mass is 374 g/mol. The number of carbonyl (C=O) groups is 1. The normalized spacial score (nSPS) is 17.7. The van der Waals surface area contributed by atoms with Crippen LogP contribution in [-0.4, -0.2) is 32.4 Å². The lowest BCUT2D eigenvalue weighted by Gasteiger charge is -2.32. The largest absolute Gasteiger partial charge is 0.356 e. The number of piperidine rings is 1. The molecule has 138 valence electrons. The summed E-state index contributed by atoms with van der Waals surface area (Å²) in [5, 5.41) is 8.01. The summed E-state index contributed by atoms with van der Waals surface area (Å²) in [5.41, 5.74) is 0.822. The van der Waals surface area contributed by atoms with Crippen LogP contribution in [-0.2, 0) is 21.4 Å². The SMILES string of the molecule is NS(=O)(=O)c1ccc(CNC(=O)[C@@H]2CCCN(c3ccccn3)C2)cc1. The van der Waals surface area contributed by atoms with Crippen LogP contribution in [0.25, 0.3) is 0 Å². The highest BCUT2D eigenvalue weighted by atomic mass is 32.2. The van der Waals surface area contributed by atoms with E-state index in [9.17, 15) is 13.2 Å². The van der Waals surface area contributed by atoms with E-state index in [0.29, 0.717) is 13.1 Å². The second-order valence-corrected chi connectivity index (χ2v) is 7.94. The maximum absolute atomic E-state index is 12.5. The fraction of sp³-hybridized carbons (Fsp3) is 0.333. The van der Waals surface area contributed by atoms with Gasteiger partial charge in [-0.2, -0.15) is 0 Å². The number of nitrogens with zero attached hydrogens (tertiary/aromatic N) is 2. The first-order chi connectivity index (χ1) is 12.4. The Hall–Kier alpha value is -2.45. The maximum Gasteiger partial charge on any atom is 0.238 e. The Kier molecular flexibility index (Phi) is 5.53. The van der Waals surface area contributed by atoms with Crippen LogP contribution >= 0.6 is 0 Å². The Morgan fingerprint density at radius 2 is 2.00 bits per heavy atom. The Balaban J connectivity index is 1.56. The molecule has 8 heteroatoms. The van der Waals surface area contributed by atoms with Crippen LogP contribution in [0.4, 0.5) is 5.82 Å². The van der Waals surface area contributed by atoms with Gasteiger partial charge in [0.2, 0.25) is 15.9 Å². The van der Waals surface area contributed by atoms with E-state index in [1.165, 1.54) is 12.1 Å². The van der Waals surface area contributed by atoms with Crippen molar-refractivity contribution < 1.29 is 13.2 Å². The van der Waals surface area contributed by atoms with Crippen molar-refractivity contribution in [1.82, 2.24) is 10.3 Å². The van der Waals surface area contributed by atoms with Gasteiger partial charge in [0.1, 0.15) is 5.82 Å². The van der Waals surface area contributed by atoms with E-state index in [1.54, 1.807) is 18.3 Å². The average Bonchev–Trinajstić information content (AvgIpc) is 2.66. The van der Waals surface area contributed by atoms with Gasteiger partial charge in [0.25, 0.3) is 0 Å². The molecule has 1 aliphatic rings. The summed E-state index contributed by atoms with van der Waals surface area (Å²) >= 11 is 0. The van der Waals surface area contributed by atoms with Gasteiger partial charge in [0.15, 0.2) is 0 Å². The molecule has 26 heavy (non-hydrogen) atoms. The lowest BCUT2D eigenvalue weighted by Crippen LogP contribution is -2.43. The van der Waals surface area contributed by atoms with E-state index in [4.69, 9.17) is 5.14 Å². The number of hydrogen-bond acceptors (Lipinski definition) is 5. The Bertz CT molecular complexity index is 854. The Morgan fingerprint density at radius 1 is 1.23 bits per heavy atom. The number of primary sulfonamides is 1. The van der Waals surface area contributed by atoms with Crippen molar-refractivity contribution in [1.29, 1.82) is 0 Å². The van der Waals surface area contributed by atoms with Crippen LogP contribution in [0.3, 0.4) is 0 Å². The number of hydrogen-bond donors (Lipinski definition) is 2. The smallest absolute Gasteiger partial charge is 0.238 e. The van der Waals surface area contributed by atoms with E-state index >= 15 is 0 Å². The average molecular weight is 374 g/mol. The molecule has 1 fully saturated rings. The zero-order valence-corrected chi connectivity index (χ0v) is 15.2. The topological polar surface area (TPSA) is 105 Å². The zero-order valence-electron chi connectivity index (χ0n) is 14.3. The van der Waals surface area contributed by atoms with Gasteiger partial charge in [0, 0.05) is 25.8 Å². The summed E-state index contributed by atoms with van der Waals surface area (Å²) < 4.78 is 22.5. The number of pyridine rings is 1. The van der Waals surface area contributed by atoms with E-state index in [0.717, 1.165) is 30.8 Å². The number of nitrogens with two attached hydrogens (primary N) is 1. The number of benzene rings is 1. The fourth-order valence-electron chi connectivity index (χ4n) is 3.07. The molecule has 1 saturated heterocycles. The molecule has 0 bridgehead atoms. The molecule has 1 aromatic carbocycles. The fourth-order valence-corrected chi connectivity index (χ4v) is 3.59. The molecule has 7 nitrogen and oxygen atoms in total. The van der Waals surface area contributed by atoms with Crippen LogP contribution in [0.5, 0.6) is 0 Å². The van der Waals surface area contributed by atoms with Crippen molar-refractivity contribution >= 4 is 21.7 Å². The van der Waals surface area contributed by atoms with Gasteiger partial charge in [-0.1, -0.05) is 18.2 Å². The summed E-state index contributed by atoms with van der Waals surface area (Å²) in [7, 11) is -3.70. The quantitative estimate of drug-likeness (QED) is 0.820. The van der Waals surface area contributed by atoms with Crippen LogP contribution in [0.2, 0.25) is 0 Å². The van der Waals surface area contributed by atoms with Gasteiger partial charge in [-0.05, 0) is 42.7 Å². The van der Waals surface area contributed by atoms with Crippen molar-refractivity contribution in [2.45, 2.75) is 24.3 Å². The van der Waals surface area contributed by atoms with Crippen LogP contribution in [0.1, 0.15) is 18.4 Å². The highest BCUT2D eigenvalue weighted by molar-refractivity contribution is 7.89. The number of aromatic nitrogens is 1. The summed E-state index contributed by atoms with van der Waals surface area (Å²) in [4.78, 5) is 19.0. The molecule has 0 radical (unpaired) electrons. The van der Waals surface area contributed by atoms with Crippen molar-refractivity contribution in [3.63, 3.8) is 0 Å². The minimum absolute atomic E-state index is 0.00107. The molecular formula is C18H22N4O3S. The van der Waals surface area contributed by atoms with Gasteiger partial charge >= 0.3 is 0 Å².